The number of benzene rings is 2. The van der Waals surface area contributed by atoms with E-state index in [-0.39, 0.29) is 18.4 Å². The van der Waals surface area contributed by atoms with Crippen LogP contribution in [0.5, 0.6) is 0 Å². The zero-order chi connectivity index (χ0) is 18.2. The first-order chi connectivity index (χ1) is 12.0. The van der Waals surface area contributed by atoms with Gasteiger partial charge in [-0.1, -0.05) is 67.1 Å². The highest BCUT2D eigenvalue weighted by molar-refractivity contribution is 5.79. The molecule has 0 radical (unpaired) electrons. The lowest BCUT2D eigenvalue weighted by molar-refractivity contribution is -0.122. The van der Waals surface area contributed by atoms with Crippen LogP contribution in [0.4, 0.5) is 4.79 Å². The van der Waals surface area contributed by atoms with Crippen LogP contribution in [0.2, 0.25) is 0 Å². The van der Waals surface area contributed by atoms with Crippen molar-refractivity contribution >= 4 is 11.9 Å². The summed E-state index contributed by atoms with van der Waals surface area (Å²) in [6.45, 7) is 4.06. The largest absolute Gasteiger partial charge is 0.352 e. The first-order valence-corrected chi connectivity index (χ1v) is 8.46. The second-order valence-electron chi connectivity index (χ2n) is 6.12. The summed E-state index contributed by atoms with van der Waals surface area (Å²) in [5.74, 6) is -0.130. The molecule has 0 fully saturated rings. The van der Waals surface area contributed by atoms with Crippen molar-refractivity contribution in [1.82, 2.24) is 10.6 Å². The van der Waals surface area contributed by atoms with Crippen molar-refractivity contribution in [2.75, 3.05) is 0 Å². The van der Waals surface area contributed by atoms with Gasteiger partial charge in [0.05, 0.1) is 18.5 Å². The molecule has 3 amide bonds. The van der Waals surface area contributed by atoms with E-state index in [0.29, 0.717) is 0 Å². The molecule has 2 atom stereocenters. The number of nitrogens with one attached hydrogen (secondary N) is 2. The van der Waals surface area contributed by atoms with Crippen LogP contribution in [0.15, 0.2) is 54.6 Å². The lowest BCUT2D eigenvalue weighted by atomic mass is 10.0. The molecule has 0 aliphatic rings. The Labute approximate surface area is 148 Å². The minimum absolute atomic E-state index is 0.0573. The minimum atomic E-state index is -0.646. The molecule has 2 unspecified atom stereocenters. The smallest absolute Gasteiger partial charge is 0.312 e. The van der Waals surface area contributed by atoms with Gasteiger partial charge in [-0.2, -0.15) is 0 Å². The van der Waals surface area contributed by atoms with Gasteiger partial charge < -0.3 is 16.4 Å². The second kappa shape index (κ2) is 8.87. The molecule has 0 aromatic heterocycles. The molecule has 0 heterocycles. The molecule has 2 aromatic carbocycles. The van der Waals surface area contributed by atoms with Crippen molar-refractivity contribution in [2.24, 2.45) is 5.73 Å². The molecular weight excluding hydrogens is 314 g/mol. The van der Waals surface area contributed by atoms with Crippen LogP contribution in [0, 0.1) is 6.92 Å². The van der Waals surface area contributed by atoms with Crippen LogP contribution in [0.1, 0.15) is 48.5 Å². The summed E-state index contributed by atoms with van der Waals surface area (Å²) < 4.78 is 0. The molecule has 0 saturated heterocycles. The van der Waals surface area contributed by atoms with E-state index < -0.39 is 12.1 Å². The molecule has 2 rings (SSSR count). The van der Waals surface area contributed by atoms with Crippen molar-refractivity contribution in [2.45, 2.75) is 38.8 Å². The average Bonchev–Trinajstić information content (AvgIpc) is 2.60. The molecule has 2 aromatic rings. The van der Waals surface area contributed by atoms with E-state index in [9.17, 15) is 9.59 Å². The second-order valence-corrected chi connectivity index (χ2v) is 6.12. The van der Waals surface area contributed by atoms with Gasteiger partial charge in [0.25, 0.3) is 0 Å². The van der Waals surface area contributed by atoms with E-state index in [2.05, 4.69) is 10.6 Å². The number of hydrogen-bond donors (Lipinski definition) is 3. The van der Waals surface area contributed by atoms with Crippen LogP contribution < -0.4 is 16.4 Å². The first-order valence-electron chi connectivity index (χ1n) is 8.46. The normalized spacial score (nSPS) is 12.9. The number of nitrogens with two attached hydrogens (primary N) is 1. The summed E-state index contributed by atoms with van der Waals surface area (Å²) in [5, 5.41) is 5.69. The Bertz CT molecular complexity index is 699. The molecule has 0 aliphatic heterocycles. The lowest BCUT2D eigenvalue weighted by Crippen LogP contribution is -2.37. The van der Waals surface area contributed by atoms with Crippen LogP contribution >= 0.6 is 0 Å². The van der Waals surface area contributed by atoms with E-state index in [0.717, 1.165) is 17.5 Å². The van der Waals surface area contributed by atoms with Crippen molar-refractivity contribution < 1.29 is 9.59 Å². The summed E-state index contributed by atoms with van der Waals surface area (Å²) in [4.78, 5) is 23.8. The van der Waals surface area contributed by atoms with Crippen molar-refractivity contribution in [3.05, 3.63) is 71.3 Å². The van der Waals surface area contributed by atoms with Gasteiger partial charge in [-0.05, 0) is 24.5 Å². The van der Waals surface area contributed by atoms with Crippen molar-refractivity contribution in [3.63, 3.8) is 0 Å². The van der Waals surface area contributed by atoms with E-state index in [1.165, 1.54) is 5.56 Å². The summed E-state index contributed by atoms with van der Waals surface area (Å²) in [7, 11) is 0. The van der Waals surface area contributed by atoms with E-state index in [1.54, 1.807) is 0 Å². The summed E-state index contributed by atoms with van der Waals surface area (Å²) >= 11 is 0. The number of hydrogen-bond acceptors (Lipinski definition) is 2. The van der Waals surface area contributed by atoms with Gasteiger partial charge in [0.15, 0.2) is 0 Å². The molecule has 5 heteroatoms. The fourth-order valence-corrected chi connectivity index (χ4v) is 2.77. The fourth-order valence-electron chi connectivity index (χ4n) is 2.77. The van der Waals surface area contributed by atoms with E-state index >= 15 is 0 Å². The molecule has 4 N–H and O–H groups in total. The maximum Gasteiger partial charge on any atom is 0.312 e. The Hall–Kier alpha value is -2.82. The maximum absolute atomic E-state index is 12.5. The van der Waals surface area contributed by atoms with Crippen LogP contribution in [-0.2, 0) is 4.79 Å². The maximum atomic E-state index is 12.5. The number of aryl methyl sites for hydroxylation is 1. The van der Waals surface area contributed by atoms with Gasteiger partial charge in [0.1, 0.15) is 0 Å². The number of carbonyl (C=O) groups excluding carboxylic acids is 2. The van der Waals surface area contributed by atoms with Gasteiger partial charge >= 0.3 is 6.03 Å². The number of rotatable bonds is 7. The molecule has 5 nitrogen and oxygen atoms in total. The topological polar surface area (TPSA) is 84.2 Å². The minimum Gasteiger partial charge on any atom is -0.352 e. The highest BCUT2D eigenvalue weighted by atomic mass is 16.2. The Morgan fingerprint density at radius 2 is 1.52 bits per heavy atom. The predicted molar refractivity (Wildman–Crippen MR) is 98.9 cm³/mol. The summed E-state index contributed by atoms with van der Waals surface area (Å²) in [6, 6.07) is 16.3. The molecule has 0 spiro atoms. The van der Waals surface area contributed by atoms with Gasteiger partial charge in [-0.15, -0.1) is 0 Å². The van der Waals surface area contributed by atoms with Crippen LogP contribution in [-0.4, -0.2) is 11.9 Å². The summed E-state index contributed by atoms with van der Waals surface area (Å²) in [5.41, 5.74) is 8.35. The number of carbonyl (C=O) groups is 2. The third kappa shape index (κ3) is 5.64. The van der Waals surface area contributed by atoms with Gasteiger partial charge in [-0.3, -0.25) is 4.79 Å². The average molecular weight is 339 g/mol. The Morgan fingerprint density at radius 1 is 0.920 bits per heavy atom. The molecule has 0 aliphatic carbocycles. The predicted octanol–water partition coefficient (Wildman–Crippen LogP) is 3.36. The summed E-state index contributed by atoms with van der Waals surface area (Å²) in [6.07, 6.45) is 0.920. The number of urea groups is 1. The Balaban J connectivity index is 2.06. The lowest BCUT2D eigenvalue weighted by Gasteiger charge is -2.21. The fraction of sp³-hybridized carbons (Fsp3) is 0.300. The van der Waals surface area contributed by atoms with Crippen LogP contribution in [0.3, 0.4) is 0 Å². The third-order valence-corrected chi connectivity index (χ3v) is 4.13. The number of amides is 3. The molecule has 25 heavy (non-hydrogen) atoms. The monoisotopic (exact) mass is 339 g/mol. The molecule has 0 saturated carbocycles. The highest BCUT2D eigenvalue weighted by Crippen LogP contribution is 2.20. The third-order valence-electron chi connectivity index (χ3n) is 4.13. The Morgan fingerprint density at radius 3 is 2.08 bits per heavy atom. The first kappa shape index (κ1) is 18.5. The Kier molecular flexibility index (Phi) is 6.57. The standard InChI is InChI=1S/C20H25N3O2/c1-3-17(16-11-9-14(2)10-12-16)22-19(24)13-18(23-20(21)25)15-7-5-4-6-8-15/h4-12,17-18H,3,13H2,1-2H3,(H,22,24)(H3,21,23,25). The van der Waals surface area contributed by atoms with Crippen LogP contribution in [0.25, 0.3) is 0 Å². The zero-order valence-electron chi connectivity index (χ0n) is 14.7. The SMILES string of the molecule is CCC(NC(=O)CC(NC(N)=O)c1ccccc1)c1ccc(C)cc1. The van der Waals surface area contributed by atoms with Gasteiger partial charge in [0.2, 0.25) is 5.91 Å². The van der Waals surface area contributed by atoms with Crippen molar-refractivity contribution in [1.29, 1.82) is 0 Å². The van der Waals surface area contributed by atoms with Crippen molar-refractivity contribution in [3.8, 4) is 0 Å². The van der Waals surface area contributed by atoms with Gasteiger partial charge in [-0.25, -0.2) is 4.79 Å². The zero-order valence-corrected chi connectivity index (χ0v) is 14.7. The van der Waals surface area contributed by atoms with Gasteiger partial charge in [0, 0.05) is 0 Å². The number of primary amides is 1. The molecular formula is C20H25N3O2. The van der Waals surface area contributed by atoms with E-state index in [1.807, 2.05) is 68.4 Å². The highest BCUT2D eigenvalue weighted by Gasteiger charge is 2.19. The molecule has 132 valence electrons. The van der Waals surface area contributed by atoms with E-state index in [4.69, 9.17) is 5.73 Å². The molecule has 0 bridgehead atoms. The quantitative estimate of drug-likeness (QED) is 0.722.